The van der Waals surface area contributed by atoms with Crippen LogP contribution in [0.3, 0.4) is 0 Å². The molecule has 1 N–H and O–H groups in total. The molecule has 1 amide bonds. The van der Waals surface area contributed by atoms with Gasteiger partial charge in [0, 0.05) is 16.7 Å². The number of halogens is 1. The number of Topliss-reactive ketones (excluding diaryl/α,β-unsaturated/α-hetero) is 1. The Kier molecular flexibility index (Phi) is 5.87. The van der Waals surface area contributed by atoms with Gasteiger partial charge < -0.3 is 10.1 Å². The van der Waals surface area contributed by atoms with Crippen LogP contribution >= 0.6 is 0 Å². The van der Waals surface area contributed by atoms with Crippen LogP contribution in [0.5, 0.6) is 0 Å². The molecule has 6 heteroatoms. The molecule has 0 aromatic heterocycles. The van der Waals surface area contributed by atoms with Crippen LogP contribution in [0.25, 0.3) is 0 Å². The lowest BCUT2D eigenvalue weighted by Crippen LogP contribution is -2.27. The molecule has 2 rings (SSSR count). The molecule has 0 saturated heterocycles. The Morgan fingerprint density at radius 2 is 1.46 bits per heavy atom. The van der Waals surface area contributed by atoms with Crippen LogP contribution in [-0.2, 0) is 9.53 Å². The molecule has 0 heterocycles. The zero-order valence-electron chi connectivity index (χ0n) is 14.8. The number of carbonyl (C=O) groups excluding carboxylic acids is 3. The van der Waals surface area contributed by atoms with Gasteiger partial charge in [-0.3, -0.25) is 9.59 Å². The minimum absolute atomic E-state index is 0.134. The molecule has 0 aliphatic rings. The van der Waals surface area contributed by atoms with E-state index in [1.807, 2.05) is 0 Å². The van der Waals surface area contributed by atoms with E-state index < -0.39 is 23.8 Å². The van der Waals surface area contributed by atoms with Crippen molar-refractivity contribution in [2.45, 2.75) is 20.8 Å². The molecular weight excluding hydrogens is 337 g/mol. The second-order valence-electron chi connectivity index (χ2n) is 6.79. The molecule has 136 valence electrons. The highest BCUT2D eigenvalue weighted by molar-refractivity contribution is 6.00. The predicted molar refractivity (Wildman–Crippen MR) is 95.5 cm³/mol. The van der Waals surface area contributed by atoms with Gasteiger partial charge in [-0.05, 0) is 48.5 Å². The lowest BCUT2D eigenvalue weighted by molar-refractivity contribution is -0.123. The summed E-state index contributed by atoms with van der Waals surface area (Å²) in [7, 11) is 0. The molecule has 2 aromatic rings. The van der Waals surface area contributed by atoms with Crippen molar-refractivity contribution >= 4 is 23.3 Å². The first-order chi connectivity index (χ1) is 12.2. The Bertz CT molecular complexity index is 805. The normalized spacial score (nSPS) is 10.9. The van der Waals surface area contributed by atoms with E-state index in [0.29, 0.717) is 11.3 Å². The van der Waals surface area contributed by atoms with Gasteiger partial charge in [-0.25, -0.2) is 9.18 Å². The van der Waals surface area contributed by atoms with E-state index in [1.54, 1.807) is 45.0 Å². The number of hydrogen-bond acceptors (Lipinski definition) is 4. The fourth-order valence-electron chi connectivity index (χ4n) is 1.94. The molecule has 0 atom stereocenters. The fraction of sp³-hybridized carbons (Fsp3) is 0.250. The second-order valence-corrected chi connectivity index (χ2v) is 6.79. The van der Waals surface area contributed by atoms with Crippen LogP contribution in [-0.4, -0.2) is 24.3 Å². The summed E-state index contributed by atoms with van der Waals surface area (Å²) in [6.45, 7) is 4.98. The van der Waals surface area contributed by atoms with Crippen molar-refractivity contribution in [1.29, 1.82) is 0 Å². The summed E-state index contributed by atoms with van der Waals surface area (Å²) in [5.74, 6) is -1.68. The third kappa shape index (κ3) is 5.24. The standard InChI is InChI=1S/C20H20FNO4/c1-20(2,3)19(25)22-16-10-6-13(7-11-16)17(23)12-26-18(24)14-4-8-15(21)9-5-14/h4-11H,12H2,1-3H3,(H,22,25). The molecule has 0 spiro atoms. The zero-order valence-corrected chi connectivity index (χ0v) is 14.8. The Morgan fingerprint density at radius 1 is 0.923 bits per heavy atom. The minimum Gasteiger partial charge on any atom is -0.454 e. The third-order valence-corrected chi connectivity index (χ3v) is 3.56. The van der Waals surface area contributed by atoms with Crippen molar-refractivity contribution in [3.63, 3.8) is 0 Å². The van der Waals surface area contributed by atoms with Gasteiger partial charge >= 0.3 is 5.97 Å². The van der Waals surface area contributed by atoms with Crippen LogP contribution < -0.4 is 5.32 Å². The first-order valence-corrected chi connectivity index (χ1v) is 8.04. The van der Waals surface area contributed by atoms with Gasteiger partial charge in [-0.15, -0.1) is 0 Å². The maximum atomic E-state index is 12.8. The van der Waals surface area contributed by atoms with Crippen molar-refractivity contribution in [2.24, 2.45) is 5.41 Å². The minimum atomic E-state index is -0.701. The summed E-state index contributed by atoms with van der Waals surface area (Å²) in [4.78, 5) is 35.8. The van der Waals surface area contributed by atoms with Crippen LogP contribution in [0.4, 0.5) is 10.1 Å². The van der Waals surface area contributed by atoms with Gasteiger partial charge in [0.2, 0.25) is 5.91 Å². The van der Waals surface area contributed by atoms with Gasteiger partial charge in [0.05, 0.1) is 5.56 Å². The van der Waals surface area contributed by atoms with E-state index >= 15 is 0 Å². The third-order valence-electron chi connectivity index (χ3n) is 3.56. The smallest absolute Gasteiger partial charge is 0.338 e. The van der Waals surface area contributed by atoms with Crippen LogP contribution in [0.2, 0.25) is 0 Å². The summed E-state index contributed by atoms with van der Waals surface area (Å²) in [5.41, 5.74) is 0.568. The van der Waals surface area contributed by atoms with Crippen molar-refractivity contribution in [2.75, 3.05) is 11.9 Å². The molecule has 0 aliphatic heterocycles. The van der Waals surface area contributed by atoms with E-state index in [4.69, 9.17) is 4.74 Å². The molecule has 0 aliphatic carbocycles. The fourth-order valence-corrected chi connectivity index (χ4v) is 1.94. The van der Waals surface area contributed by atoms with Crippen molar-refractivity contribution in [3.8, 4) is 0 Å². The quantitative estimate of drug-likeness (QED) is 0.652. The Hall–Kier alpha value is -3.02. The maximum absolute atomic E-state index is 12.8. The molecule has 0 unspecified atom stereocenters. The Morgan fingerprint density at radius 3 is 2.00 bits per heavy atom. The lowest BCUT2D eigenvalue weighted by atomic mass is 9.95. The molecule has 0 bridgehead atoms. The molecule has 0 radical (unpaired) electrons. The van der Waals surface area contributed by atoms with Crippen molar-refractivity contribution in [3.05, 3.63) is 65.5 Å². The van der Waals surface area contributed by atoms with Crippen LogP contribution in [0, 0.1) is 11.2 Å². The summed E-state index contributed by atoms with van der Waals surface area (Å²) in [5, 5.41) is 2.76. The maximum Gasteiger partial charge on any atom is 0.338 e. The summed E-state index contributed by atoms with van der Waals surface area (Å²) >= 11 is 0. The highest BCUT2D eigenvalue weighted by Gasteiger charge is 2.21. The lowest BCUT2D eigenvalue weighted by Gasteiger charge is -2.17. The molecule has 26 heavy (non-hydrogen) atoms. The zero-order chi connectivity index (χ0) is 19.3. The van der Waals surface area contributed by atoms with E-state index in [2.05, 4.69) is 5.32 Å². The number of nitrogens with one attached hydrogen (secondary N) is 1. The molecule has 0 saturated carbocycles. The average molecular weight is 357 g/mol. The number of esters is 1. The number of amides is 1. The number of rotatable bonds is 5. The predicted octanol–water partition coefficient (Wildman–Crippen LogP) is 3.85. The second kappa shape index (κ2) is 7.91. The SMILES string of the molecule is CC(C)(C)C(=O)Nc1ccc(C(=O)COC(=O)c2ccc(F)cc2)cc1. The summed E-state index contributed by atoms with van der Waals surface area (Å²) < 4.78 is 17.8. The Labute approximate surface area is 151 Å². The summed E-state index contributed by atoms with van der Waals surface area (Å²) in [6.07, 6.45) is 0. The largest absolute Gasteiger partial charge is 0.454 e. The van der Waals surface area contributed by atoms with Crippen LogP contribution in [0.15, 0.2) is 48.5 Å². The number of benzene rings is 2. The van der Waals surface area contributed by atoms with E-state index in [0.717, 1.165) is 12.1 Å². The monoisotopic (exact) mass is 357 g/mol. The van der Waals surface area contributed by atoms with Gasteiger partial charge in [0.25, 0.3) is 0 Å². The van der Waals surface area contributed by atoms with E-state index in [-0.39, 0.29) is 17.3 Å². The van der Waals surface area contributed by atoms with E-state index in [1.165, 1.54) is 12.1 Å². The summed E-state index contributed by atoms with van der Waals surface area (Å²) in [6, 6.07) is 11.2. The number of ether oxygens (including phenoxy) is 1. The molecule has 0 fully saturated rings. The molecule has 2 aromatic carbocycles. The van der Waals surface area contributed by atoms with Gasteiger partial charge in [-0.1, -0.05) is 20.8 Å². The van der Waals surface area contributed by atoms with E-state index in [9.17, 15) is 18.8 Å². The number of ketones is 1. The number of carbonyl (C=O) groups is 3. The van der Waals surface area contributed by atoms with Gasteiger partial charge in [0.1, 0.15) is 5.82 Å². The number of hydrogen-bond donors (Lipinski definition) is 1. The molecule has 5 nitrogen and oxygen atoms in total. The highest BCUT2D eigenvalue weighted by atomic mass is 19.1. The molecular formula is C20H20FNO4. The highest BCUT2D eigenvalue weighted by Crippen LogP contribution is 2.18. The Balaban J connectivity index is 1.92. The first-order valence-electron chi connectivity index (χ1n) is 8.04. The van der Waals surface area contributed by atoms with Gasteiger partial charge in [0.15, 0.2) is 12.4 Å². The van der Waals surface area contributed by atoms with Crippen LogP contribution in [0.1, 0.15) is 41.5 Å². The van der Waals surface area contributed by atoms with Crippen molar-refractivity contribution < 1.29 is 23.5 Å². The number of anilines is 1. The average Bonchev–Trinajstić information content (AvgIpc) is 2.59. The van der Waals surface area contributed by atoms with Gasteiger partial charge in [-0.2, -0.15) is 0 Å². The van der Waals surface area contributed by atoms with Crippen molar-refractivity contribution in [1.82, 2.24) is 0 Å². The first kappa shape index (κ1) is 19.3. The topological polar surface area (TPSA) is 72.5 Å².